The van der Waals surface area contributed by atoms with E-state index in [1.807, 2.05) is 26.0 Å². The molecule has 0 fully saturated rings. The van der Waals surface area contributed by atoms with Gasteiger partial charge in [-0.15, -0.1) is 0 Å². The predicted octanol–water partition coefficient (Wildman–Crippen LogP) is 27.8. The van der Waals surface area contributed by atoms with Gasteiger partial charge >= 0.3 is 0 Å². The molecule has 0 atom stereocenters. The molecule has 0 aliphatic carbocycles. The molecule has 0 bridgehead atoms. The lowest BCUT2D eigenvalue weighted by Crippen LogP contribution is -2.37. The average molecular weight is 1570 g/mol. The minimum absolute atomic E-state index is 0.0668. The zero-order chi connectivity index (χ0) is 92.7. The van der Waals surface area contributed by atoms with Gasteiger partial charge in [-0.2, -0.15) is 0 Å². The number of hydrogen-bond acceptors (Lipinski definition) is 0. The molecule has 10 aromatic rings. The minimum atomic E-state index is -2.07. The Kier molecular flexibility index (Phi) is 29.1. The van der Waals surface area contributed by atoms with Gasteiger partial charge in [-0.05, 0) is 257 Å². The fraction of sp³-hybridized carbons (Fsp3) is 0.505. The maximum absolute atomic E-state index is 7.67. The smallest absolute Gasteiger partial charge is 0.201 e. The van der Waals surface area contributed by atoms with E-state index < -0.39 is 13.7 Å². The molecule has 0 amide bonds. The zero-order valence-electron chi connectivity index (χ0n) is 86.4. The highest BCUT2D eigenvalue weighted by atomic mass is 14.9. The van der Waals surface area contributed by atoms with Crippen LogP contribution in [0.25, 0.3) is 56.3 Å². The van der Waals surface area contributed by atoms with E-state index in [-0.39, 0.29) is 43.3 Å². The molecule has 0 saturated heterocycles. The van der Waals surface area contributed by atoms with Gasteiger partial charge in [-0.3, -0.25) is 0 Å². The van der Waals surface area contributed by atoms with Crippen molar-refractivity contribution in [1.29, 1.82) is 0 Å². The zero-order valence-corrected chi connectivity index (χ0v) is 80.4. The van der Waals surface area contributed by atoms with E-state index in [4.69, 9.17) is 8.22 Å². The summed E-state index contributed by atoms with van der Waals surface area (Å²) >= 11 is 0. The number of benzene rings is 5. The second-order valence-corrected chi connectivity index (χ2v) is 39.4. The number of aromatic nitrogens is 5. The maximum atomic E-state index is 7.67. The monoisotopic (exact) mass is 1570 g/mol. The van der Waals surface area contributed by atoms with Crippen LogP contribution in [0.4, 0.5) is 0 Å². The molecule has 10 rings (SSSR count). The van der Waals surface area contributed by atoms with Gasteiger partial charge in [0.1, 0.15) is 35.2 Å². The van der Waals surface area contributed by atoms with Crippen LogP contribution in [-0.4, -0.2) is 0 Å². The van der Waals surface area contributed by atoms with Crippen molar-refractivity contribution in [3.8, 4) is 56.3 Å². The molecule has 0 saturated carbocycles. The molecule has 5 heteroatoms. The summed E-state index contributed by atoms with van der Waals surface area (Å²) in [4.78, 5) is 0. The highest BCUT2D eigenvalue weighted by Gasteiger charge is 2.38. The maximum Gasteiger partial charge on any atom is 0.212 e. The lowest BCUT2D eigenvalue weighted by molar-refractivity contribution is -0.661. The van der Waals surface area contributed by atoms with Gasteiger partial charge in [-0.25, -0.2) is 22.8 Å². The molecular formula is C111H162N5+5. The molecule has 116 heavy (non-hydrogen) atoms. The van der Waals surface area contributed by atoms with Crippen LogP contribution in [0.1, 0.15) is 331 Å². The van der Waals surface area contributed by atoms with E-state index in [1.54, 1.807) is 24.3 Å². The number of nitrogens with zero attached hydrogens (tertiary/aromatic N) is 5. The average Bonchev–Trinajstić information content (AvgIpc) is 0.771. The Morgan fingerprint density at radius 2 is 0.414 bits per heavy atom. The molecule has 5 heterocycles. The van der Waals surface area contributed by atoms with Crippen molar-refractivity contribution in [3.63, 3.8) is 0 Å². The summed E-state index contributed by atoms with van der Waals surface area (Å²) in [5.74, 6) is 0. The van der Waals surface area contributed by atoms with E-state index in [0.717, 1.165) is 85.0 Å². The third-order valence-corrected chi connectivity index (χ3v) is 27.4. The van der Waals surface area contributed by atoms with Gasteiger partial charge in [0.05, 0.1) is 0 Å². The Morgan fingerprint density at radius 1 is 0.216 bits per heavy atom. The Hall–Kier alpha value is -8.15. The first-order chi connectivity index (χ1) is 56.1. The number of rotatable bonds is 21. The molecule has 626 valence electrons. The van der Waals surface area contributed by atoms with Crippen molar-refractivity contribution >= 4 is 0 Å². The highest BCUT2D eigenvalue weighted by Crippen LogP contribution is 2.44. The normalized spacial score (nSPS) is 13.2. The Balaban J connectivity index is 0.000000237. The molecule has 0 aliphatic heterocycles. The molecule has 0 N–H and O–H groups in total. The van der Waals surface area contributed by atoms with Crippen LogP contribution >= 0.6 is 0 Å². The largest absolute Gasteiger partial charge is 0.212 e. The topological polar surface area (TPSA) is 19.4 Å². The van der Waals surface area contributed by atoms with Crippen LogP contribution in [0.3, 0.4) is 0 Å². The quantitative estimate of drug-likeness (QED) is 0.0639. The van der Waals surface area contributed by atoms with Crippen LogP contribution in [-0.2, 0) is 78.6 Å². The Morgan fingerprint density at radius 3 is 0.647 bits per heavy atom. The van der Waals surface area contributed by atoms with Gasteiger partial charge in [0.15, 0.2) is 31.0 Å². The van der Waals surface area contributed by atoms with Crippen molar-refractivity contribution in [1.82, 2.24) is 0 Å². The summed E-state index contributed by atoms with van der Waals surface area (Å²) < 4.78 is 57.0. The third kappa shape index (κ3) is 22.6. The predicted molar refractivity (Wildman–Crippen MR) is 504 cm³/mol. The molecule has 0 aliphatic rings. The second-order valence-electron chi connectivity index (χ2n) is 39.4. The molecule has 0 unspecified atom stereocenters. The van der Waals surface area contributed by atoms with Crippen molar-refractivity contribution in [2.75, 3.05) is 0 Å². The summed E-state index contributed by atoms with van der Waals surface area (Å²) in [5, 5.41) is 0. The summed E-state index contributed by atoms with van der Waals surface area (Å²) in [6.45, 7) is 70.7. The van der Waals surface area contributed by atoms with E-state index in [9.17, 15) is 0 Å². The fourth-order valence-corrected chi connectivity index (χ4v) is 16.0. The molecule has 5 aromatic heterocycles. The number of hydrogen-bond donors (Lipinski definition) is 0. The fourth-order valence-electron chi connectivity index (χ4n) is 16.0. The summed E-state index contributed by atoms with van der Waals surface area (Å²) in [6, 6.07) is 44.8. The van der Waals surface area contributed by atoms with Crippen molar-refractivity contribution in [3.05, 3.63) is 264 Å². The third-order valence-electron chi connectivity index (χ3n) is 27.4. The first-order valence-electron chi connectivity index (χ1n) is 46.7. The van der Waals surface area contributed by atoms with Gasteiger partial charge in [0.2, 0.25) is 28.5 Å². The summed E-state index contributed by atoms with van der Waals surface area (Å²) in [6.07, 6.45) is 20.5. The van der Waals surface area contributed by atoms with E-state index in [1.165, 1.54) is 117 Å². The number of aryl methyl sites for hydroxylation is 16. The second kappa shape index (κ2) is 38.7. The first kappa shape index (κ1) is 87.2. The molecular weight excluding hydrogens is 1400 g/mol. The standard InChI is InChI=1S/2C24H36N.C23H34N.2C20H28N/c2*1-10-23(5,6)20-15-22(19-13-12-17(3)14-18(19)4)25(9)16-21(20)24(7,8)11-2;1-9-22(4,5)19-15-21(18-14-12-11-13-17(18)3)24(8)16-20(19)23(6,7)10-2;2*1-8-20(5,6)18-13-21(7)19(12-16(18)4)17-10-9-14(2)11-15(17)3/h2*12-16H,10-11H2,1-9H3;11-16H,9-10H2,1-8H3;2*9-13H,8H2,1-7H3/q5*+1/i3D3;;;2D3;. The lowest BCUT2D eigenvalue weighted by Gasteiger charge is -2.32. The van der Waals surface area contributed by atoms with Crippen molar-refractivity contribution in [2.45, 2.75) is 337 Å². The van der Waals surface area contributed by atoms with Crippen LogP contribution in [0.15, 0.2) is 158 Å². The van der Waals surface area contributed by atoms with Gasteiger partial charge in [0.25, 0.3) is 0 Å². The molecule has 0 spiro atoms. The number of pyridine rings is 5. The molecule has 5 nitrogen and oxygen atoms in total. The van der Waals surface area contributed by atoms with Crippen LogP contribution in [0.2, 0.25) is 0 Å². The van der Waals surface area contributed by atoms with Crippen LogP contribution in [0.5, 0.6) is 0 Å². The SMILES string of the molecule is CCC(C)(C)c1c[n+](C)c(-c2ccc(C)cc2C)cc1C.CCC(C)(C)c1cc(-c2ccc(C)cc2C)[n+](C)cc1C(C)(C)CC.CCC(C)(C)c1cc(-c2ccccc2C)[n+](C)cc1C(C)(C)CC.[2H]C([2H])([2H])c1ccc(-c2cc(C(C)(C)CC)c(C(C)(C)CC)c[n+]2C)c(C)c1.[2H]C([2H])([2H])c1ccc(-c2cc(C)c(C(C)(C)CC)c[n+]2C)c(C)c1. The molecule has 5 aromatic carbocycles. The minimum Gasteiger partial charge on any atom is -0.201 e. The van der Waals surface area contributed by atoms with Gasteiger partial charge in [0, 0.05) is 94.2 Å². The van der Waals surface area contributed by atoms with Crippen LogP contribution in [0, 0.1) is 76.0 Å². The van der Waals surface area contributed by atoms with Crippen molar-refractivity contribution < 1.29 is 31.1 Å². The van der Waals surface area contributed by atoms with E-state index >= 15 is 0 Å². The van der Waals surface area contributed by atoms with E-state index in [0.29, 0.717) is 11.1 Å². The van der Waals surface area contributed by atoms with Crippen LogP contribution < -0.4 is 22.8 Å². The Bertz CT molecular complexity index is 5300. The molecule has 0 radical (unpaired) electrons. The Labute approximate surface area is 719 Å². The first-order valence-corrected chi connectivity index (χ1v) is 43.7. The summed E-state index contributed by atoms with van der Waals surface area (Å²) in [7, 11) is 10.7. The van der Waals surface area contributed by atoms with Gasteiger partial charge < -0.3 is 0 Å². The van der Waals surface area contributed by atoms with E-state index in [2.05, 4.69) is 395 Å². The highest BCUT2D eigenvalue weighted by molar-refractivity contribution is 5.67. The van der Waals surface area contributed by atoms with Gasteiger partial charge in [-0.1, -0.05) is 255 Å². The van der Waals surface area contributed by atoms with Crippen molar-refractivity contribution in [2.24, 2.45) is 35.2 Å². The lowest BCUT2D eigenvalue weighted by atomic mass is 9.71. The summed E-state index contributed by atoms with van der Waals surface area (Å²) in [5.41, 5.74) is 37.2.